The Morgan fingerprint density at radius 3 is 2.64 bits per heavy atom. The van der Waals surface area contributed by atoms with Crippen molar-refractivity contribution in [3.63, 3.8) is 0 Å². The number of aliphatic hydroxyl groups is 2. The maximum atomic E-state index is 13.4. The number of rotatable bonds is 4. The molecule has 1 aromatic heterocycles. The second kappa shape index (κ2) is 6.58. The SMILES string of the molecule is O=c1c2cc(F)ccc2ccn1[C@@H]1O[C@H](COP(=O)(O)O)[C@H](O)[C@H]1O. The Morgan fingerprint density at radius 1 is 1.24 bits per heavy atom. The normalized spacial score (nSPS) is 27.1. The van der Waals surface area contributed by atoms with Crippen molar-refractivity contribution < 1.29 is 38.2 Å². The summed E-state index contributed by atoms with van der Waals surface area (Å²) in [5.41, 5.74) is -0.648. The fraction of sp³-hybridized carbons (Fsp3) is 0.357. The van der Waals surface area contributed by atoms with E-state index in [1.807, 2.05) is 0 Å². The summed E-state index contributed by atoms with van der Waals surface area (Å²) in [6.07, 6.45) is -4.35. The predicted molar refractivity (Wildman–Crippen MR) is 82.1 cm³/mol. The van der Waals surface area contributed by atoms with Crippen LogP contribution in [0.2, 0.25) is 0 Å². The average molecular weight is 375 g/mol. The van der Waals surface area contributed by atoms with Crippen LogP contribution in [0.25, 0.3) is 10.8 Å². The lowest BCUT2D eigenvalue weighted by Gasteiger charge is -2.18. The lowest BCUT2D eigenvalue weighted by Crippen LogP contribution is -2.35. The van der Waals surface area contributed by atoms with Crippen LogP contribution in [0.1, 0.15) is 6.23 Å². The molecule has 0 saturated carbocycles. The number of hydrogen-bond donors (Lipinski definition) is 4. The van der Waals surface area contributed by atoms with E-state index in [0.29, 0.717) is 5.39 Å². The number of aromatic nitrogens is 1. The first-order chi connectivity index (χ1) is 11.7. The van der Waals surface area contributed by atoms with Crippen LogP contribution in [-0.4, -0.2) is 49.5 Å². The monoisotopic (exact) mass is 375 g/mol. The van der Waals surface area contributed by atoms with E-state index in [0.717, 1.165) is 10.6 Å². The van der Waals surface area contributed by atoms with Gasteiger partial charge in [-0.2, -0.15) is 0 Å². The Bertz CT molecular complexity index is 896. The number of pyridine rings is 1. The minimum Gasteiger partial charge on any atom is -0.387 e. The minimum atomic E-state index is -4.79. The van der Waals surface area contributed by atoms with Gasteiger partial charge in [-0.1, -0.05) is 6.07 Å². The third-order valence-electron chi connectivity index (χ3n) is 3.91. The third-order valence-corrected chi connectivity index (χ3v) is 4.40. The highest BCUT2D eigenvalue weighted by atomic mass is 31.2. The molecule has 4 atom stereocenters. The smallest absolute Gasteiger partial charge is 0.387 e. The van der Waals surface area contributed by atoms with E-state index >= 15 is 0 Å². The van der Waals surface area contributed by atoms with Gasteiger partial charge in [-0.3, -0.25) is 13.9 Å². The van der Waals surface area contributed by atoms with Gasteiger partial charge < -0.3 is 24.7 Å². The number of phosphoric ester groups is 1. The lowest BCUT2D eigenvalue weighted by molar-refractivity contribution is -0.0534. The summed E-state index contributed by atoms with van der Waals surface area (Å²) in [6, 6.07) is 5.18. The van der Waals surface area contributed by atoms with Gasteiger partial charge in [-0.25, -0.2) is 8.96 Å². The maximum absolute atomic E-state index is 13.4. The van der Waals surface area contributed by atoms with Crippen molar-refractivity contribution >= 4 is 18.6 Å². The Labute approximate surface area is 140 Å². The molecular formula is C14H15FNO8P. The first kappa shape index (κ1) is 18.2. The molecule has 0 bridgehead atoms. The highest BCUT2D eigenvalue weighted by Crippen LogP contribution is 2.38. The van der Waals surface area contributed by atoms with Crippen LogP contribution in [0.4, 0.5) is 4.39 Å². The molecule has 11 heteroatoms. The Morgan fingerprint density at radius 2 is 1.96 bits per heavy atom. The molecule has 1 fully saturated rings. The molecule has 0 amide bonds. The fourth-order valence-electron chi connectivity index (χ4n) is 2.69. The van der Waals surface area contributed by atoms with Crippen molar-refractivity contribution in [2.24, 2.45) is 0 Å². The van der Waals surface area contributed by atoms with Crippen LogP contribution < -0.4 is 5.56 Å². The molecule has 1 saturated heterocycles. The standard InChI is InChI=1S/C14H15FNO8P/c15-8-2-1-7-3-4-16(13(19)9(7)5-8)14-12(18)11(17)10(24-14)6-23-25(20,21)22/h1-5,10-12,14,17-18H,6H2,(H2,20,21,22)/t10-,11+,12-,14-/m1/s1. The average Bonchev–Trinajstić information content (AvgIpc) is 2.81. The molecule has 25 heavy (non-hydrogen) atoms. The molecule has 2 aromatic rings. The Kier molecular flexibility index (Phi) is 4.78. The summed E-state index contributed by atoms with van der Waals surface area (Å²) in [6.45, 7) is -0.685. The molecule has 3 rings (SSSR count). The van der Waals surface area contributed by atoms with E-state index in [1.54, 1.807) is 0 Å². The number of hydrogen-bond acceptors (Lipinski definition) is 6. The summed E-state index contributed by atoms with van der Waals surface area (Å²) < 4.78 is 34.7. The number of fused-ring (bicyclic) bond motifs is 1. The summed E-state index contributed by atoms with van der Waals surface area (Å²) >= 11 is 0. The largest absolute Gasteiger partial charge is 0.469 e. The summed E-state index contributed by atoms with van der Waals surface area (Å²) in [5.74, 6) is -0.608. The molecular weight excluding hydrogens is 360 g/mol. The van der Waals surface area contributed by atoms with E-state index in [9.17, 15) is 24.0 Å². The van der Waals surface area contributed by atoms with Gasteiger partial charge in [-0.15, -0.1) is 0 Å². The second-order valence-corrected chi connectivity index (χ2v) is 6.83. The topological polar surface area (TPSA) is 138 Å². The predicted octanol–water partition coefficient (Wildman–Crippen LogP) is -0.131. The number of benzene rings is 1. The van der Waals surface area contributed by atoms with Crippen molar-refractivity contribution in [2.45, 2.75) is 24.5 Å². The minimum absolute atomic E-state index is 0.0581. The molecule has 0 spiro atoms. The first-order valence-electron chi connectivity index (χ1n) is 7.19. The van der Waals surface area contributed by atoms with Crippen molar-refractivity contribution in [1.29, 1.82) is 0 Å². The van der Waals surface area contributed by atoms with E-state index in [4.69, 9.17) is 14.5 Å². The van der Waals surface area contributed by atoms with Crippen molar-refractivity contribution in [3.8, 4) is 0 Å². The fourth-order valence-corrected chi connectivity index (χ4v) is 3.04. The number of phosphoric acid groups is 1. The van der Waals surface area contributed by atoms with Gasteiger partial charge in [0.2, 0.25) is 0 Å². The molecule has 136 valence electrons. The van der Waals surface area contributed by atoms with Gasteiger partial charge in [0.15, 0.2) is 6.23 Å². The zero-order valence-corrected chi connectivity index (χ0v) is 13.5. The zero-order valence-electron chi connectivity index (χ0n) is 12.6. The van der Waals surface area contributed by atoms with Crippen LogP contribution in [0, 0.1) is 5.82 Å². The molecule has 0 radical (unpaired) electrons. The van der Waals surface area contributed by atoms with Crippen molar-refractivity contribution in [3.05, 3.63) is 46.6 Å². The van der Waals surface area contributed by atoms with Gasteiger partial charge in [0.1, 0.15) is 24.1 Å². The maximum Gasteiger partial charge on any atom is 0.469 e. The summed E-state index contributed by atoms with van der Waals surface area (Å²) in [4.78, 5) is 29.9. The molecule has 0 unspecified atom stereocenters. The van der Waals surface area contributed by atoms with E-state index in [1.165, 1.54) is 24.4 Å². The Balaban J connectivity index is 1.91. The number of aliphatic hydroxyl groups excluding tert-OH is 2. The van der Waals surface area contributed by atoms with Crippen molar-refractivity contribution in [2.75, 3.05) is 6.61 Å². The third kappa shape index (κ3) is 3.65. The molecule has 9 nitrogen and oxygen atoms in total. The quantitative estimate of drug-likeness (QED) is 0.542. The second-order valence-electron chi connectivity index (χ2n) is 5.59. The van der Waals surface area contributed by atoms with Crippen LogP contribution in [0.5, 0.6) is 0 Å². The molecule has 1 aliphatic rings. The lowest BCUT2D eigenvalue weighted by atomic mass is 10.1. The van der Waals surface area contributed by atoms with E-state index in [2.05, 4.69) is 4.52 Å². The van der Waals surface area contributed by atoms with Gasteiger partial charge >= 0.3 is 7.82 Å². The molecule has 0 aliphatic carbocycles. The van der Waals surface area contributed by atoms with E-state index < -0.39 is 50.3 Å². The summed E-state index contributed by atoms with van der Waals surface area (Å²) in [5, 5.41) is 20.6. The van der Waals surface area contributed by atoms with Crippen LogP contribution in [-0.2, 0) is 13.8 Å². The van der Waals surface area contributed by atoms with Crippen LogP contribution >= 0.6 is 7.82 Å². The molecule has 4 N–H and O–H groups in total. The molecule has 2 heterocycles. The van der Waals surface area contributed by atoms with Crippen molar-refractivity contribution in [1.82, 2.24) is 4.57 Å². The number of halogens is 1. The highest BCUT2D eigenvalue weighted by molar-refractivity contribution is 7.46. The molecule has 1 aliphatic heterocycles. The van der Waals surface area contributed by atoms with Gasteiger partial charge in [-0.05, 0) is 23.6 Å². The van der Waals surface area contributed by atoms with Gasteiger partial charge in [0.25, 0.3) is 5.56 Å². The van der Waals surface area contributed by atoms with Crippen LogP contribution in [0.3, 0.4) is 0 Å². The van der Waals surface area contributed by atoms with E-state index in [-0.39, 0.29) is 5.39 Å². The Hall–Kier alpha value is -1.65. The summed E-state index contributed by atoms with van der Waals surface area (Å²) in [7, 11) is -4.79. The number of ether oxygens (including phenoxy) is 1. The zero-order chi connectivity index (χ0) is 18.4. The number of nitrogens with zero attached hydrogens (tertiary/aromatic N) is 1. The highest BCUT2D eigenvalue weighted by Gasteiger charge is 2.44. The van der Waals surface area contributed by atoms with Gasteiger partial charge in [0, 0.05) is 6.20 Å². The molecule has 1 aromatic carbocycles. The van der Waals surface area contributed by atoms with Gasteiger partial charge in [0.05, 0.1) is 12.0 Å². The van der Waals surface area contributed by atoms with Crippen LogP contribution in [0.15, 0.2) is 35.3 Å². The first-order valence-corrected chi connectivity index (χ1v) is 8.72.